The summed E-state index contributed by atoms with van der Waals surface area (Å²) in [6.45, 7) is -0.764. The lowest BCUT2D eigenvalue weighted by Gasteiger charge is -2.06. The van der Waals surface area contributed by atoms with Gasteiger partial charge in [-0.1, -0.05) is 17.7 Å². The van der Waals surface area contributed by atoms with Gasteiger partial charge >= 0.3 is 5.97 Å². The van der Waals surface area contributed by atoms with Gasteiger partial charge in [0, 0.05) is 11.1 Å². The van der Waals surface area contributed by atoms with Gasteiger partial charge in [-0.25, -0.2) is 4.79 Å². The number of halogens is 1. The molecule has 8 nitrogen and oxygen atoms in total. The van der Waals surface area contributed by atoms with Gasteiger partial charge in [0.05, 0.1) is 9.80 Å². The van der Waals surface area contributed by atoms with Crippen LogP contribution in [0.5, 0.6) is 0 Å². The summed E-state index contributed by atoms with van der Waals surface area (Å²) >= 11 is 6.84. The molecular formula is C14H9ClN2O6S. The first kappa shape index (κ1) is 17.6. The molecule has 0 aliphatic rings. The number of nitrogens with one attached hydrogen (secondary N) is 1. The monoisotopic (exact) mass is 368 g/mol. The minimum absolute atomic E-state index is 0.102. The van der Waals surface area contributed by atoms with E-state index < -0.39 is 35.0 Å². The number of hydrogen-bond donors (Lipinski definition) is 1. The number of nitrogens with zero attached hydrogens (tertiary/aromatic N) is 1. The number of benzene rings is 1. The molecule has 0 atom stereocenters. The molecule has 0 radical (unpaired) electrons. The molecule has 0 saturated heterocycles. The molecule has 2 rings (SSSR count). The minimum Gasteiger partial charge on any atom is -0.452 e. The maximum atomic E-state index is 11.9. The number of hydrogen-bond acceptors (Lipinski definition) is 7. The first-order chi connectivity index (χ1) is 11.4. The summed E-state index contributed by atoms with van der Waals surface area (Å²) in [5, 5.41) is 14.7. The van der Waals surface area contributed by atoms with Gasteiger partial charge in [-0.3, -0.25) is 25.0 Å². The number of esters is 1. The van der Waals surface area contributed by atoms with E-state index in [0.717, 1.165) is 23.5 Å². The van der Waals surface area contributed by atoms with Gasteiger partial charge in [-0.2, -0.15) is 0 Å². The molecule has 0 unspecified atom stereocenters. The van der Waals surface area contributed by atoms with E-state index in [4.69, 9.17) is 16.3 Å². The summed E-state index contributed by atoms with van der Waals surface area (Å²) < 4.78 is 4.69. The van der Waals surface area contributed by atoms with Crippen molar-refractivity contribution in [3.05, 3.63) is 61.3 Å². The molecule has 1 N–H and O–H groups in total. The van der Waals surface area contributed by atoms with Gasteiger partial charge in [0.1, 0.15) is 5.56 Å². The van der Waals surface area contributed by atoms with E-state index in [-0.39, 0.29) is 10.6 Å². The minimum atomic E-state index is -1.09. The number of carbonyl (C=O) groups is 3. The Labute approximate surface area is 144 Å². The van der Waals surface area contributed by atoms with Gasteiger partial charge < -0.3 is 4.74 Å². The highest BCUT2D eigenvalue weighted by Gasteiger charge is 2.23. The van der Waals surface area contributed by atoms with Crippen molar-refractivity contribution >= 4 is 46.4 Å². The fourth-order valence-corrected chi connectivity index (χ4v) is 2.46. The van der Waals surface area contributed by atoms with Crippen LogP contribution in [0.15, 0.2) is 35.7 Å². The highest BCUT2D eigenvalue weighted by atomic mass is 35.5. The zero-order valence-electron chi connectivity index (χ0n) is 11.9. The van der Waals surface area contributed by atoms with Crippen LogP contribution in [0.25, 0.3) is 0 Å². The topological polar surface area (TPSA) is 116 Å². The standard InChI is InChI=1S/C14H9ClN2O6S/c15-8-3-4-10(17(21)22)9(6-8)14(20)23-7-12(18)16-13(19)11-2-1-5-24-11/h1-6H,7H2,(H,16,18,19). The van der Waals surface area contributed by atoms with Gasteiger partial charge in [-0.05, 0) is 23.6 Å². The van der Waals surface area contributed by atoms with Crippen LogP contribution in [-0.2, 0) is 9.53 Å². The number of nitro benzene ring substituents is 1. The number of nitro groups is 1. The number of carbonyl (C=O) groups excluding carboxylic acids is 3. The molecule has 1 aromatic heterocycles. The molecule has 0 spiro atoms. The van der Waals surface area contributed by atoms with Crippen molar-refractivity contribution in [1.82, 2.24) is 5.32 Å². The van der Waals surface area contributed by atoms with Crippen molar-refractivity contribution in [3.8, 4) is 0 Å². The Morgan fingerprint density at radius 3 is 2.67 bits per heavy atom. The molecule has 124 valence electrons. The normalized spacial score (nSPS) is 10.0. The predicted octanol–water partition coefficient (Wildman–Crippen LogP) is 2.42. The van der Waals surface area contributed by atoms with Crippen molar-refractivity contribution in [2.75, 3.05) is 6.61 Å². The number of thiophene rings is 1. The fraction of sp³-hybridized carbons (Fsp3) is 0.0714. The lowest BCUT2D eigenvalue weighted by atomic mass is 10.2. The third-order valence-electron chi connectivity index (χ3n) is 2.71. The summed E-state index contributed by atoms with van der Waals surface area (Å²) in [5.74, 6) is -2.57. The average Bonchev–Trinajstić information content (AvgIpc) is 3.06. The Morgan fingerprint density at radius 2 is 2.04 bits per heavy atom. The molecule has 0 fully saturated rings. The Hall–Kier alpha value is -2.78. The zero-order chi connectivity index (χ0) is 17.7. The van der Waals surface area contributed by atoms with Gasteiger partial charge in [-0.15, -0.1) is 11.3 Å². The highest BCUT2D eigenvalue weighted by Crippen LogP contribution is 2.23. The van der Waals surface area contributed by atoms with Gasteiger partial charge in [0.15, 0.2) is 6.61 Å². The van der Waals surface area contributed by atoms with E-state index in [1.165, 1.54) is 12.1 Å². The van der Waals surface area contributed by atoms with Crippen molar-refractivity contribution in [2.24, 2.45) is 0 Å². The van der Waals surface area contributed by atoms with E-state index in [0.29, 0.717) is 4.88 Å². The first-order valence-corrected chi connectivity index (χ1v) is 7.63. The second-order valence-corrected chi connectivity index (χ2v) is 5.73. The Bertz CT molecular complexity index is 806. The lowest BCUT2D eigenvalue weighted by Crippen LogP contribution is -2.33. The second-order valence-electron chi connectivity index (χ2n) is 4.35. The van der Waals surface area contributed by atoms with Crippen LogP contribution in [0.3, 0.4) is 0 Å². The number of amides is 2. The number of rotatable bonds is 5. The summed E-state index contributed by atoms with van der Waals surface area (Å²) in [4.78, 5) is 45.6. The van der Waals surface area contributed by atoms with Crippen LogP contribution < -0.4 is 5.32 Å². The van der Waals surface area contributed by atoms with E-state index in [9.17, 15) is 24.5 Å². The summed E-state index contributed by atoms with van der Waals surface area (Å²) in [6.07, 6.45) is 0. The van der Waals surface area contributed by atoms with E-state index in [1.54, 1.807) is 11.4 Å². The third-order valence-corrected chi connectivity index (χ3v) is 3.81. The third kappa shape index (κ3) is 4.37. The molecule has 2 aromatic rings. The van der Waals surface area contributed by atoms with E-state index in [1.807, 2.05) is 5.32 Å². The van der Waals surface area contributed by atoms with Crippen LogP contribution in [0.4, 0.5) is 5.69 Å². The van der Waals surface area contributed by atoms with Crippen molar-refractivity contribution in [1.29, 1.82) is 0 Å². The molecule has 0 bridgehead atoms. The average molecular weight is 369 g/mol. The van der Waals surface area contributed by atoms with Gasteiger partial charge in [0.25, 0.3) is 17.5 Å². The summed E-state index contributed by atoms with van der Waals surface area (Å²) in [7, 11) is 0. The number of imide groups is 1. The first-order valence-electron chi connectivity index (χ1n) is 6.37. The predicted molar refractivity (Wildman–Crippen MR) is 85.2 cm³/mol. The Morgan fingerprint density at radius 1 is 1.29 bits per heavy atom. The SMILES string of the molecule is O=C(COC(=O)c1cc(Cl)ccc1[N+](=O)[O-])NC(=O)c1cccs1. The second kappa shape index (κ2) is 7.66. The molecule has 1 heterocycles. The molecule has 2 amide bonds. The molecule has 0 saturated carbocycles. The van der Waals surface area contributed by atoms with Crippen molar-refractivity contribution < 1.29 is 24.0 Å². The largest absolute Gasteiger partial charge is 0.452 e. The van der Waals surface area contributed by atoms with Crippen LogP contribution in [0, 0.1) is 10.1 Å². The Balaban J connectivity index is 1.98. The van der Waals surface area contributed by atoms with Gasteiger partial charge in [0.2, 0.25) is 0 Å². The highest BCUT2D eigenvalue weighted by molar-refractivity contribution is 7.12. The van der Waals surface area contributed by atoms with Crippen LogP contribution in [-0.4, -0.2) is 29.3 Å². The smallest absolute Gasteiger partial charge is 0.345 e. The maximum Gasteiger partial charge on any atom is 0.345 e. The van der Waals surface area contributed by atoms with Crippen LogP contribution in [0.2, 0.25) is 5.02 Å². The van der Waals surface area contributed by atoms with Crippen molar-refractivity contribution in [2.45, 2.75) is 0 Å². The fourth-order valence-electron chi connectivity index (χ4n) is 1.67. The summed E-state index contributed by atoms with van der Waals surface area (Å²) in [6, 6.07) is 6.54. The van der Waals surface area contributed by atoms with Crippen molar-refractivity contribution in [3.63, 3.8) is 0 Å². The lowest BCUT2D eigenvalue weighted by molar-refractivity contribution is -0.385. The molecule has 24 heavy (non-hydrogen) atoms. The molecule has 1 aromatic carbocycles. The molecule has 0 aliphatic carbocycles. The Kier molecular flexibility index (Phi) is 5.61. The van der Waals surface area contributed by atoms with E-state index >= 15 is 0 Å². The van der Waals surface area contributed by atoms with Crippen LogP contribution >= 0.6 is 22.9 Å². The molecule has 0 aliphatic heterocycles. The maximum absolute atomic E-state index is 11.9. The van der Waals surface area contributed by atoms with Crippen LogP contribution in [0.1, 0.15) is 20.0 Å². The molecule has 10 heteroatoms. The quantitative estimate of drug-likeness (QED) is 0.492. The zero-order valence-corrected chi connectivity index (χ0v) is 13.4. The van der Waals surface area contributed by atoms with E-state index in [2.05, 4.69) is 0 Å². The molecular weight excluding hydrogens is 360 g/mol. The number of ether oxygens (including phenoxy) is 1. The summed E-state index contributed by atoms with van der Waals surface area (Å²) in [5.41, 5.74) is -0.885.